The molecule has 0 atom stereocenters. The van der Waals surface area contributed by atoms with E-state index >= 15 is 0 Å². The first kappa shape index (κ1) is 17.4. The highest BCUT2D eigenvalue weighted by atomic mass is 35.5. The lowest BCUT2D eigenvalue weighted by Crippen LogP contribution is -2.32. The van der Waals surface area contributed by atoms with Crippen LogP contribution in [0.15, 0.2) is 41.3 Å². The van der Waals surface area contributed by atoms with E-state index in [1.807, 2.05) is 0 Å². The number of nitrogens with zero attached hydrogens (tertiary/aromatic N) is 2. The lowest BCUT2D eigenvalue weighted by atomic mass is 10.2. The largest absolute Gasteiger partial charge is 0.505 e. The zero-order chi connectivity index (χ0) is 18.1. The van der Waals surface area contributed by atoms with Gasteiger partial charge in [-0.2, -0.15) is 0 Å². The SMILES string of the molecule is CCOC(=O)c1c(O)c2cccn2n(Cc2ccc(Cl)cc2Cl)c1=O. The highest BCUT2D eigenvalue weighted by Crippen LogP contribution is 2.25. The Labute approximate surface area is 152 Å². The molecular formula is C17H14Cl2N2O4. The zero-order valence-electron chi connectivity index (χ0n) is 13.2. The van der Waals surface area contributed by atoms with Crippen LogP contribution in [0.1, 0.15) is 22.8 Å². The standard InChI is InChI=1S/C17H14Cl2N2O4/c1-2-25-17(24)14-15(22)13-4-3-7-20(13)21(16(14)23)9-10-5-6-11(18)8-12(10)19/h3-8,22H,2,9H2,1H3. The van der Waals surface area contributed by atoms with E-state index in [4.69, 9.17) is 27.9 Å². The van der Waals surface area contributed by atoms with E-state index in [1.165, 1.54) is 9.20 Å². The van der Waals surface area contributed by atoms with Gasteiger partial charge in [-0.15, -0.1) is 0 Å². The quantitative estimate of drug-likeness (QED) is 0.704. The number of halogens is 2. The average molecular weight is 381 g/mol. The van der Waals surface area contributed by atoms with Crippen LogP contribution < -0.4 is 5.56 Å². The molecule has 0 bridgehead atoms. The van der Waals surface area contributed by atoms with Crippen LogP contribution in [0, 0.1) is 0 Å². The minimum atomic E-state index is -0.871. The van der Waals surface area contributed by atoms with E-state index < -0.39 is 22.8 Å². The van der Waals surface area contributed by atoms with E-state index in [9.17, 15) is 14.7 Å². The zero-order valence-corrected chi connectivity index (χ0v) is 14.7. The molecule has 0 amide bonds. The fraction of sp³-hybridized carbons (Fsp3) is 0.176. The number of esters is 1. The number of aromatic nitrogens is 2. The first-order valence-electron chi connectivity index (χ1n) is 7.48. The van der Waals surface area contributed by atoms with Crippen molar-refractivity contribution in [2.24, 2.45) is 0 Å². The van der Waals surface area contributed by atoms with Crippen molar-refractivity contribution in [3.05, 3.63) is 68.1 Å². The summed E-state index contributed by atoms with van der Waals surface area (Å²) in [5, 5.41) is 11.2. The number of ether oxygens (including phenoxy) is 1. The van der Waals surface area contributed by atoms with Crippen molar-refractivity contribution in [1.29, 1.82) is 0 Å². The number of benzene rings is 1. The molecule has 0 unspecified atom stereocenters. The van der Waals surface area contributed by atoms with Crippen molar-refractivity contribution in [2.45, 2.75) is 13.5 Å². The molecule has 6 nitrogen and oxygen atoms in total. The molecule has 3 rings (SSSR count). The van der Waals surface area contributed by atoms with Gasteiger partial charge in [-0.1, -0.05) is 29.3 Å². The smallest absolute Gasteiger partial charge is 0.347 e. The van der Waals surface area contributed by atoms with Crippen LogP contribution >= 0.6 is 23.2 Å². The van der Waals surface area contributed by atoms with E-state index in [-0.39, 0.29) is 13.2 Å². The van der Waals surface area contributed by atoms with E-state index in [2.05, 4.69) is 0 Å². The Kier molecular flexibility index (Phi) is 4.74. The van der Waals surface area contributed by atoms with E-state index in [0.717, 1.165) is 0 Å². The van der Waals surface area contributed by atoms with Gasteiger partial charge in [0.25, 0.3) is 5.56 Å². The number of rotatable bonds is 4. The molecule has 1 N–H and O–H groups in total. The molecule has 2 heterocycles. The molecule has 0 saturated heterocycles. The summed E-state index contributed by atoms with van der Waals surface area (Å²) in [5.74, 6) is -1.28. The maximum absolute atomic E-state index is 12.8. The van der Waals surface area contributed by atoms with Gasteiger partial charge in [0.2, 0.25) is 0 Å². The van der Waals surface area contributed by atoms with Crippen molar-refractivity contribution in [1.82, 2.24) is 9.20 Å². The molecule has 0 fully saturated rings. The van der Waals surface area contributed by atoms with Gasteiger partial charge in [0.15, 0.2) is 11.3 Å². The third-order valence-electron chi connectivity index (χ3n) is 3.73. The minimum Gasteiger partial charge on any atom is -0.505 e. The predicted molar refractivity (Wildman–Crippen MR) is 94.8 cm³/mol. The summed E-state index contributed by atoms with van der Waals surface area (Å²) >= 11 is 12.1. The van der Waals surface area contributed by atoms with Gasteiger partial charge in [-0.3, -0.25) is 9.31 Å². The fourth-order valence-electron chi connectivity index (χ4n) is 2.57. The first-order valence-corrected chi connectivity index (χ1v) is 8.23. The molecule has 25 heavy (non-hydrogen) atoms. The molecule has 1 aromatic carbocycles. The Balaban J connectivity index is 2.22. The molecule has 8 heteroatoms. The molecule has 0 spiro atoms. The Morgan fingerprint density at radius 2 is 2.04 bits per heavy atom. The average Bonchev–Trinajstić information content (AvgIpc) is 3.03. The van der Waals surface area contributed by atoms with Gasteiger partial charge in [-0.05, 0) is 36.8 Å². The topological polar surface area (TPSA) is 72.9 Å². The molecule has 0 saturated carbocycles. The van der Waals surface area contributed by atoms with Crippen LogP contribution in [0.25, 0.3) is 5.52 Å². The van der Waals surface area contributed by atoms with E-state index in [0.29, 0.717) is 21.1 Å². The van der Waals surface area contributed by atoms with Gasteiger partial charge in [0.1, 0.15) is 5.52 Å². The number of aromatic hydroxyl groups is 1. The summed E-state index contributed by atoms with van der Waals surface area (Å²) in [5.41, 5.74) is -0.125. The third-order valence-corrected chi connectivity index (χ3v) is 4.32. The Morgan fingerprint density at radius 3 is 2.72 bits per heavy atom. The highest BCUT2D eigenvalue weighted by molar-refractivity contribution is 6.35. The normalized spacial score (nSPS) is 11.0. The second-order valence-corrected chi connectivity index (χ2v) is 6.12. The summed E-state index contributed by atoms with van der Waals surface area (Å²) in [4.78, 5) is 24.9. The molecule has 0 aliphatic rings. The van der Waals surface area contributed by atoms with Gasteiger partial charge >= 0.3 is 5.97 Å². The van der Waals surface area contributed by atoms with Crippen molar-refractivity contribution in [3.8, 4) is 5.75 Å². The molecule has 130 valence electrons. The molecular weight excluding hydrogens is 367 g/mol. The molecule has 3 aromatic rings. The van der Waals surface area contributed by atoms with Gasteiger partial charge in [0, 0.05) is 16.2 Å². The number of hydrogen-bond donors (Lipinski definition) is 1. The number of fused-ring (bicyclic) bond motifs is 1. The Hall–Kier alpha value is -2.44. The molecule has 2 aromatic heterocycles. The predicted octanol–water partition coefficient (Wildman–Crippen LogP) is 3.34. The lowest BCUT2D eigenvalue weighted by molar-refractivity contribution is 0.0519. The van der Waals surface area contributed by atoms with Crippen molar-refractivity contribution in [3.63, 3.8) is 0 Å². The fourth-order valence-corrected chi connectivity index (χ4v) is 3.04. The summed E-state index contributed by atoms with van der Waals surface area (Å²) in [6.45, 7) is 1.80. The van der Waals surface area contributed by atoms with Crippen LogP contribution in [0.3, 0.4) is 0 Å². The van der Waals surface area contributed by atoms with Gasteiger partial charge < -0.3 is 9.84 Å². The second kappa shape index (κ2) is 6.82. The molecule has 0 aliphatic heterocycles. The number of carbonyl (C=O) groups is 1. The molecule has 0 radical (unpaired) electrons. The lowest BCUT2D eigenvalue weighted by Gasteiger charge is -2.15. The van der Waals surface area contributed by atoms with Crippen molar-refractivity contribution >= 4 is 34.7 Å². The summed E-state index contributed by atoms with van der Waals surface area (Å²) in [7, 11) is 0. The van der Waals surface area contributed by atoms with Gasteiger partial charge in [0.05, 0.1) is 13.2 Å². The summed E-state index contributed by atoms with van der Waals surface area (Å²) in [6, 6.07) is 8.18. The van der Waals surface area contributed by atoms with Crippen LogP contribution in [0.4, 0.5) is 0 Å². The maximum atomic E-state index is 12.8. The van der Waals surface area contributed by atoms with Crippen LogP contribution in [0.5, 0.6) is 5.75 Å². The third kappa shape index (κ3) is 3.10. The van der Waals surface area contributed by atoms with Crippen LogP contribution in [-0.4, -0.2) is 26.9 Å². The second-order valence-electron chi connectivity index (χ2n) is 5.28. The first-order chi connectivity index (χ1) is 11.9. The minimum absolute atomic E-state index is 0.0900. The van der Waals surface area contributed by atoms with Crippen molar-refractivity contribution in [2.75, 3.05) is 6.61 Å². The monoisotopic (exact) mass is 380 g/mol. The Bertz CT molecular complexity index is 1020. The highest BCUT2D eigenvalue weighted by Gasteiger charge is 2.23. The summed E-state index contributed by atoms with van der Waals surface area (Å²) < 4.78 is 7.66. The number of hydrogen-bond acceptors (Lipinski definition) is 4. The summed E-state index contributed by atoms with van der Waals surface area (Å²) in [6.07, 6.45) is 1.61. The number of carbonyl (C=O) groups excluding carboxylic acids is 1. The maximum Gasteiger partial charge on any atom is 0.347 e. The van der Waals surface area contributed by atoms with E-state index in [1.54, 1.807) is 43.5 Å². The van der Waals surface area contributed by atoms with Crippen LogP contribution in [0.2, 0.25) is 10.0 Å². The van der Waals surface area contributed by atoms with Gasteiger partial charge in [-0.25, -0.2) is 9.48 Å². The Morgan fingerprint density at radius 1 is 1.28 bits per heavy atom. The molecule has 0 aliphatic carbocycles. The van der Waals surface area contributed by atoms with Crippen LogP contribution in [-0.2, 0) is 11.3 Å². The van der Waals surface area contributed by atoms with Crippen molar-refractivity contribution < 1.29 is 14.6 Å².